The van der Waals surface area contributed by atoms with E-state index >= 15 is 0 Å². The molecular formula is C13H12N4S. The molecule has 0 atom stereocenters. The molecule has 0 saturated carbocycles. The summed E-state index contributed by atoms with van der Waals surface area (Å²) < 4.78 is 1.10. The van der Waals surface area contributed by atoms with Crippen molar-refractivity contribution in [2.75, 3.05) is 6.54 Å². The van der Waals surface area contributed by atoms with E-state index in [9.17, 15) is 0 Å². The van der Waals surface area contributed by atoms with Crippen molar-refractivity contribution in [2.45, 2.75) is 19.9 Å². The van der Waals surface area contributed by atoms with Crippen molar-refractivity contribution in [3.05, 3.63) is 22.7 Å². The van der Waals surface area contributed by atoms with Gasteiger partial charge in [-0.1, -0.05) is 6.92 Å². The van der Waals surface area contributed by atoms with E-state index in [1.165, 1.54) is 16.9 Å². The highest BCUT2D eigenvalue weighted by Crippen LogP contribution is 2.34. The zero-order valence-electron chi connectivity index (χ0n) is 10.1. The van der Waals surface area contributed by atoms with Crippen LogP contribution in [0.4, 0.5) is 5.69 Å². The number of nitriles is 1. The van der Waals surface area contributed by atoms with Gasteiger partial charge in [0.05, 0.1) is 22.2 Å². The Hall–Kier alpha value is -1.93. The van der Waals surface area contributed by atoms with Crippen LogP contribution in [-0.4, -0.2) is 22.8 Å². The molecule has 0 bridgehead atoms. The van der Waals surface area contributed by atoms with Gasteiger partial charge in [0.1, 0.15) is 6.07 Å². The maximum Gasteiger partial charge on any atom is 0.195 e. The molecule has 1 aliphatic heterocycles. The molecule has 0 unspecified atom stereocenters. The number of fused-ring (bicyclic) bond motifs is 3. The van der Waals surface area contributed by atoms with Crippen LogP contribution in [0, 0.1) is 11.3 Å². The molecule has 0 radical (unpaired) electrons. The summed E-state index contributed by atoms with van der Waals surface area (Å²) in [7, 11) is 0. The molecule has 1 aliphatic rings. The van der Waals surface area contributed by atoms with Crippen molar-refractivity contribution in [1.29, 1.82) is 5.26 Å². The lowest BCUT2D eigenvalue weighted by Crippen LogP contribution is -2.24. The minimum absolute atomic E-state index is 0.523. The first-order chi connectivity index (χ1) is 8.81. The van der Waals surface area contributed by atoms with Crippen LogP contribution in [0.25, 0.3) is 10.2 Å². The van der Waals surface area contributed by atoms with Crippen LogP contribution in [0.3, 0.4) is 0 Å². The van der Waals surface area contributed by atoms with Crippen LogP contribution >= 0.6 is 11.3 Å². The summed E-state index contributed by atoms with van der Waals surface area (Å²) in [6.45, 7) is 4.02. The molecule has 18 heavy (non-hydrogen) atoms. The Morgan fingerprint density at radius 1 is 1.50 bits per heavy atom. The number of aliphatic imine (C=N–C) groups is 1. The minimum Gasteiger partial charge on any atom is -0.358 e. The quantitative estimate of drug-likeness (QED) is 0.829. The molecule has 4 nitrogen and oxygen atoms in total. The second-order valence-electron chi connectivity index (χ2n) is 4.26. The van der Waals surface area contributed by atoms with Gasteiger partial charge >= 0.3 is 0 Å². The Kier molecular flexibility index (Phi) is 2.73. The fourth-order valence-electron chi connectivity index (χ4n) is 2.17. The van der Waals surface area contributed by atoms with Crippen molar-refractivity contribution < 1.29 is 0 Å². The van der Waals surface area contributed by atoms with Gasteiger partial charge in [0.25, 0.3) is 0 Å². The van der Waals surface area contributed by atoms with Gasteiger partial charge in [0.15, 0.2) is 5.01 Å². The molecule has 5 heteroatoms. The average molecular weight is 256 g/mol. The van der Waals surface area contributed by atoms with E-state index in [4.69, 9.17) is 5.26 Å². The van der Waals surface area contributed by atoms with Gasteiger partial charge in [-0.3, -0.25) is 0 Å². The Morgan fingerprint density at radius 2 is 2.39 bits per heavy atom. The molecule has 2 aromatic rings. The number of hydrogen-bond donors (Lipinski definition) is 0. The molecule has 90 valence electrons. The first-order valence-corrected chi connectivity index (χ1v) is 6.74. The summed E-state index contributed by atoms with van der Waals surface area (Å²) in [5.41, 5.74) is 3.11. The molecule has 3 rings (SSSR count). The molecule has 0 amide bonds. The molecule has 1 aromatic carbocycles. The number of aromatic nitrogens is 1. The fourth-order valence-corrected chi connectivity index (χ4v) is 3.06. The molecule has 0 saturated heterocycles. The third-order valence-corrected chi connectivity index (χ3v) is 4.00. The van der Waals surface area contributed by atoms with Gasteiger partial charge < -0.3 is 4.90 Å². The van der Waals surface area contributed by atoms with E-state index in [2.05, 4.69) is 27.9 Å². The normalized spacial score (nSPS) is 13.7. The van der Waals surface area contributed by atoms with Crippen molar-refractivity contribution in [1.82, 2.24) is 9.88 Å². The lowest BCUT2D eigenvalue weighted by atomic mass is 10.1. The summed E-state index contributed by atoms with van der Waals surface area (Å²) in [6, 6.07) is 6.04. The van der Waals surface area contributed by atoms with E-state index in [0.29, 0.717) is 5.01 Å². The highest BCUT2D eigenvalue weighted by molar-refractivity contribution is 7.19. The lowest BCUT2D eigenvalue weighted by Gasteiger charge is -2.23. The molecule has 0 fully saturated rings. The zero-order valence-corrected chi connectivity index (χ0v) is 10.9. The Bertz CT molecular complexity index is 665. The third kappa shape index (κ3) is 1.75. The molecule has 0 N–H and O–H groups in total. The fraction of sp³-hybridized carbons (Fsp3) is 0.308. The van der Waals surface area contributed by atoms with Crippen LogP contribution in [-0.2, 0) is 6.54 Å². The van der Waals surface area contributed by atoms with E-state index in [1.807, 2.05) is 18.5 Å². The Labute approximate surface area is 109 Å². The maximum atomic E-state index is 8.94. The Morgan fingerprint density at radius 3 is 3.17 bits per heavy atom. The van der Waals surface area contributed by atoms with Gasteiger partial charge in [0, 0.05) is 18.7 Å². The number of nitrogens with zero attached hydrogens (tertiary/aromatic N) is 4. The summed E-state index contributed by atoms with van der Waals surface area (Å²) in [5, 5.41) is 9.46. The maximum absolute atomic E-state index is 8.94. The van der Waals surface area contributed by atoms with E-state index < -0.39 is 0 Å². The van der Waals surface area contributed by atoms with E-state index in [-0.39, 0.29) is 0 Å². The van der Waals surface area contributed by atoms with Crippen molar-refractivity contribution in [2.24, 2.45) is 4.99 Å². The van der Waals surface area contributed by atoms with E-state index in [1.54, 1.807) is 0 Å². The second-order valence-corrected chi connectivity index (χ2v) is 5.26. The Balaban J connectivity index is 2.11. The highest BCUT2D eigenvalue weighted by Gasteiger charge is 2.17. The molecule has 0 spiro atoms. The van der Waals surface area contributed by atoms with Crippen LogP contribution in [0.5, 0.6) is 0 Å². The van der Waals surface area contributed by atoms with Gasteiger partial charge in [-0.25, -0.2) is 9.98 Å². The first kappa shape index (κ1) is 11.2. The lowest BCUT2D eigenvalue weighted by molar-refractivity contribution is 0.421. The molecule has 1 aromatic heterocycles. The van der Waals surface area contributed by atoms with Gasteiger partial charge in [-0.05, 0) is 18.6 Å². The largest absolute Gasteiger partial charge is 0.358 e. The number of hydrogen-bond acceptors (Lipinski definition) is 5. The zero-order chi connectivity index (χ0) is 12.5. The summed E-state index contributed by atoms with van der Waals surface area (Å²) in [6.07, 6.45) is 3.01. The van der Waals surface area contributed by atoms with Crippen LogP contribution < -0.4 is 0 Å². The third-order valence-electron chi connectivity index (χ3n) is 2.96. The molecular weight excluding hydrogens is 244 g/mol. The monoisotopic (exact) mass is 256 g/mol. The second kappa shape index (κ2) is 4.39. The van der Waals surface area contributed by atoms with Crippen LogP contribution in [0.15, 0.2) is 17.1 Å². The summed E-state index contributed by atoms with van der Waals surface area (Å²) in [5.74, 6) is 0. The summed E-state index contributed by atoms with van der Waals surface area (Å²) in [4.78, 5) is 11.0. The van der Waals surface area contributed by atoms with Crippen molar-refractivity contribution >= 4 is 33.6 Å². The number of thiazole rings is 1. The van der Waals surface area contributed by atoms with Crippen LogP contribution in [0.2, 0.25) is 0 Å². The SMILES string of the molecule is CCCN1C=Nc2ccc3nc(C#N)sc3c2C1. The topological polar surface area (TPSA) is 52.3 Å². The molecule has 0 aliphatic carbocycles. The molecule has 2 heterocycles. The van der Waals surface area contributed by atoms with Crippen molar-refractivity contribution in [3.63, 3.8) is 0 Å². The number of rotatable bonds is 2. The standard InChI is InChI=1S/C13H12N4S/c1-2-5-17-7-9-10(15-8-17)3-4-11-13(9)18-12(6-14)16-11/h3-4,8H,2,5,7H2,1H3. The summed E-state index contributed by atoms with van der Waals surface area (Å²) >= 11 is 1.46. The van der Waals surface area contributed by atoms with Gasteiger partial charge in [-0.2, -0.15) is 5.26 Å². The van der Waals surface area contributed by atoms with Crippen molar-refractivity contribution in [3.8, 4) is 6.07 Å². The predicted octanol–water partition coefficient (Wildman–Crippen LogP) is 3.05. The van der Waals surface area contributed by atoms with Gasteiger partial charge in [0.2, 0.25) is 0 Å². The van der Waals surface area contributed by atoms with E-state index in [0.717, 1.165) is 35.4 Å². The van der Waals surface area contributed by atoms with Crippen LogP contribution in [0.1, 0.15) is 23.9 Å². The minimum atomic E-state index is 0.523. The number of benzene rings is 1. The van der Waals surface area contributed by atoms with Gasteiger partial charge in [-0.15, -0.1) is 11.3 Å². The highest BCUT2D eigenvalue weighted by atomic mass is 32.1. The average Bonchev–Trinajstić information content (AvgIpc) is 2.82. The smallest absolute Gasteiger partial charge is 0.195 e. The first-order valence-electron chi connectivity index (χ1n) is 5.92. The predicted molar refractivity (Wildman–Crippen MR) is 73.2 cm³/mol.